The van der Waals surface area contributed by atoms with E-state index in [1.165, 1.54) is 17.8 Å². The van der Waals surface area contributed by atoms with E-state index in [9.17, 15) is 19.6 Å². The fourth-order valence-corrected chi connectivity index (χ4v) is 2.84. The summed E-state index contributed by atoms with van der Waals surface area (Å²) in [7, 11) is 0. The molecule has 0 saturated heterocycles. The number of aromatic nitrogens is 2. The molecular weight excluding hydrogens is 348 g/mol. The van der Waals surface area contributed by atoms with Crippen LogP contribution in [0.4, 0.5) is 5.88 Å². The second-order valence-corrected chi connectivity index (χ2v) is 5.96. The highest BCUT2D eigenvalue weighted by molar-refractivity contribution is 6.00. The van der Waals surface area contributed by atoms with E-state index in [1.54, 1.807) is 31.2 Å². The lowest BCUT2D eigenvalue weighted by Crippen LogP contribution is -2.23. The number of furan rings is 1. The predicted molar refractivity (Wildman–Crippen MR) is 97.4 cm³/mol. The maximum absolute atomic E-state index is 12.4. The molecule has 3 aromatic rings. The summed E-state index contributed by atoms with van der Waals surface area (Å²) in [5, 5.41) is 12.2. The highest BCUT2D eigenvalue weighted by Gasteiger charge is 2.22. The molecule has 2 aromatic heterocycles. The van der Waals surface area contributed by atoms with Crippen molar-refractivity contribution in [1.29, 1.82) is 5.26 Å². The van der Waals surface area contributed by atoms with Gasteiger partial charge in [-0.25, -0.2) is 4.98 Å². The number of nitrogens with one attached hydrogen (secondary N) is 1. The molecule has 1 N–H and O–H groups in total. The normalized spacial score (nSPS) is 10.6. The molecule has 0 aliphatic heterocycles. The Hall–Kier alpha value is -3.73. The first kappa shape index (κ1) is 18.1. The Labute approximate surface area is 154 Å². The average molecular weight is 364 g/mol. The molecule has 0 unspecified atom stereocenters. The van der Waals surface area contributed by atoms with Crippen LogP contribution in [0, 0.1) is 18.3 Å². The van der Waals surface area contributed by atoms with Crippen molar-refractivity contribution in [2.45, 2.75) is 26.8 Å². The van der Waals surface area contributed by atoms with Crippen LogP contribution < -0.4 is 10.9 Å². The summed E-state index contributed by atoms with van der Waals surface area (Å²) < 4.78 is 6.69. The highest BCUT2D eigenvalue weighted by atomic mass is 16.4. The summed E-state index contributed by atoms with van der Waals surface area (Å²) in [5.41, 5.74) is 0.504. The Bertz CT molecular complexity index is 1150. The van der Waals surface area contributed by atoms with Crippen molar-refractivity contribution in [2.24, 2.45) is 0 Å². The van der Waals surface area contributed by atoms with Gasteiger partial charge in [0, 0.05) is 13.0 Å². The van der Waals surface area contributed by atoms with Gasteiger partial charge >= 0.3 is 0 Å². The number of hydrogen-bond donors (Lipinski definition) is 1. The van der Waals surface area contributed by atoms with Crippen molar-refractivity contribution in [3.63, 3.8) is 0 Å². The monoisotopic (exact) mass is 364 g/mol. The number of carbonyl (C=O) groups excluding carboxylic acids is 2. The van der Waals surface area contributed by atoms with Crippen LogP contribution >= 0.6 is 0 Å². The Morgan fingerprint density at radius 3 is 2.78 bits per heavy atom. The van der Waals surface area contributed by atoms with Gasteiger partial charge in [0.15, 0.2) is 5.78 Å². The minimum absolute atomic E-state index is 0.00195. The van der Waals surface area contributed by atoms with Gasteiger partial charge in [0.05, 0.1) is 22.8 Å². The fraction of sp³-hybridized carbons (Fsp3) is 0.211. The first-order chi connectivity index (χ1) is 12.9. The van der Waals surface area contributed by atoms with Crippen molar-refractivity contribution in [3.8, 4) is 6.07 Å². The van der Waals surface area contributed by atoms with Crippen molar-refractivity contribution < 1.29 is 14.0 Å². The smallest absolute Gasteiger partial charge is 0.261 e. The van der Waals surface area contributed by atoms with E-state index in [-0.39, 0.29) is 47.1 Å². The molecule has 8 nitrogen and oxygen atoms in total. The van der Waals surface area contributed by atoms with Crippen molar-refractivity contribution >= 4 is 28.5 Å². The molecule has 0 aliphatic carbocycles. The summed E-state index contributed by atoms with van der Waals surface area (Å²) in [6.07, 6.45) is 1.36. The minimum Gasteiger partial charge on any atom is -0.443 e. The lowest BCUT2D eigenvalue weighted by molar-refractivity contribution is -0.116. The van der Waals surface area contributed by atoms with E-state index in [2.05, 4.69) is 10.3 Å². The molecular formula is C19H16N4O4. The van der Waals surface area contributed by atoms with Gasteiger partial charge in [-0.3, -0.25) is 24.3 Å². The zero-order valence-electron chi connectivity index (χ0n) is 14.8. The van der Waals surface area contributed by atoms with E-state index in [0.29, 0.717) is 10.9 Å². The molecule has 136 valence electrons. The Kier molecular flexibility index (Phi) is 4.86. The van der Waals surface area contributed by atoms with Crippen LogP contribution in [0.25, 0.3) is 10.9 Å². The molecule has 8 heteroatoms. The topological polar surface area (TPSA) is 118 Å². The van der Waals surface area contributed by atoms with Crippen molar-refractivity contribution in [2.75, 3.05) is 5.32 Å². The summed E-state index contributed by atoms with van der Waals surface area (Å²) >= 11 is 0. The number of anilines is 1. The summed E-state index contributed by atoms with van der Waals surface area (Å²) in [4.78, 5) is 40.5. The van der Waals surface area contributed by atoms with Gasteiger partial charge < -0.3 is 4.42 Å². The Balaban J connectivity index is 1.76. The molecule has 0 aliphatic rings. The zero-order chi connectivity index (χ0) is 19.6. The molecule has 0 atom stereocenters. The van der Waals surface area contributed by atoms with Gasteiger partial charge in [0.25, 0.3) is 5.56 Å². The largest absolute Gasteiger partial charge is 0.443 e. The van der Waals surface area contributed by atoms with Gasteiger partial charge in [-0.1, -0.05) is 12.1 Å². The lowest BCUT2D eigenvalue weighted by atomic mass is 10.1. The summed E-state index contributed by atoms with van der Waals surface area (Å²) in [6.45, 7) is 2.99. The van der Waals surface area contributed by atoms with Crippen LogP contribution in [-0.2, 0) is 11.3 Å². The molecule has 27 heavy (non-hydrogen) atoms. The number of hydrogen-bond acceptors (Lipinski definition) is 6. The van der Waals surface area contributed by atoms with Crippen molar-refractivity contribution in [3.05, 3.63) is 57.8 Å². The van der Waals surface area contributed by atoms with Gasteiger partial charge in [0.1, 0.15) is 17.4 Å². The Morgan fingerprint density at radius 2 is 2.07 bits per heavy atom. The molecule has 3 rings (SSSR count). The quantitative estimate of drug-likeness (QED) is 0.695. The maximum atomic E-state index is 12.4. The maximum Gasteiger partial charge on any atom is 0.261 e. The number of nitriles is 1. The Morgan fingerprint density at radius 1 is 1.33 bits per heavy atom. The van der Waals surface area contributed by atoms with E-state index in [4.69, 9.17) is 4.42 Å². The SMILES string of the molecule is CC(=O)c1c(C)oc(NC(=O)CCn2cnc3ccccc3c2=O)c1C#N. The number of aryl methyl sites for hydroxylation is 2. The van der Waals surface area contributed by atoms with E-state index < -0.39 is 5.91 Å². The van der Waals surface area contributed by atoms with Crippen LogP contribution in [0.3, 0.4) is 0 Å². The number of Topliss-reactive ketones (excluding diaryl/α,β-unsaturated/α-hetero) is 1. The first-order valence-corrected chi connectivity index (χ1v) is 8.20. The third kappa shape index (κ3) is 3.48. The first-order valence-electron chi connectivity index (χ1n) is 8.20. The van der Waals surface area contributed by atoms with Crippen LogP contribution in [-0.4, -0.2) is 21.2 Å². The van der Waals surface area contributed by atoms with E-state index >= 15 is 0 Å². The van der Waals surface area contributed by atoms with E-state index in [0.717, 1.165) is 0 Å². The second-order valence-electron chi connectivity index (χ2n) is 5.96. The molecule has 1 amide bonds. The number of carbonyl (C=O) groups is 2. The van der Waals surface area contributed by atoms with Crippen LogP contribution in [0.2, 0.25) is 0 Å². The third-order valence-electron chi connectivity index (χ3n) is 4.11. The number of amides is 1. The number of benzene rings is 1. The molecule has 0 spiro atoms. The fourth-order valence-electron chi connectivity index (χ4n) is 2.84. The summed E-state index contributed by atoms with van der Waals surface area (Å²) in [5.74, 6) is -0.559. The van der Waals surface area contributed by atoms with Crippen molar-refractivity contribution in [1.82, 2.24) is 9.55 Å². The minimum atomic E-state index is -0.449. The van der Waals surface area contributed by atoms with Crippen LogP contribution in [0.15, 0.2) is 39.8 Å². The molecule has 0 radical (unpaired) electrons. The number of fused-ring (bicyclic) bond motifs is 1. The van der Waals surface area contributed by atoms with Crippen LogP contribution in [0.1, 0.15) is 35.0 Å². The molecule has 0 fully saturated rings. The number of nitrogens with zero attached hydrogens (tertiary/aromatic N) is 3. The molecule has 2 heterocycles. The van der Waals surface area contributed by atoms with Crippen LogP contribution in [0.5, 0.6) is 0 Å². The van der Waals surface area contributed by atoms with Gasteiger partial charge in [-0.15, -0.1) is 0 Å². The number of para-hydroxylation sites is 1. The summed E-state index contributed by atoms with van der Waals surface area (Å²) in [6, 6.07) is 8.83. The number of rotatable bonds is 5. The number of ketones is 1. The predicted octanol–water partition coefficient (Wildman–Crippen LogP) is 2.40. The molecule has 0 saturated carbocycles. The third-order valence-corrected chi connectivity index (χ3v) is 4.11. The second kappa shape index (κ2) is 7.25. The lowest BCUT2D eigenvalue weighted by Gasteiger charge is -2.06. The average Bonchev–Trinajstić information content (AvgIpc) is 2.96. The standard InChI is InChI=1S/C19H16N4O4/c1-11(24)17-12(2)27-18(14(17)9-20)22-16(25)7-8-23-10-21-15-6-4-3-5-13(15)19(23)26/h3-6,10H,7-8H2,1-2H3,(H,22,25). The molecule has 1 aromatic carbocycles. The highest BCUT2D eigenvalue weighted by Crippen LogP contribution is 2.26. The van der Waals surface area contributed by atoms with E-state index in [1.807, 2.05) is 6.07 Å². The zero-order valence-corrected chi connectivity index (χ0v) is 14.8. The van der Waals surface area contributed by atoms with Gasteiger partial charge in [-0.2, -0.15) is 5.26 Å². The molecule has 0 bridgehead atoms. The van der Waals surface area contributed by atoms with Gasteiger partial charge in [0.2, 0.25) is 11.8 Å². The van der Waals surface area contributed by atoms with Gasteiger partial charge in [-0.05, 0) is 26.0 Å².